The van der Waals surface area contributed by atoms with Crippen LogP contribution >= 0.6 is 0 Å². The molecular weight excluding hydrogens is 422 g/mol. The topological polar surface area (TPSA) is 78.2 Å². The van der Waals surface area contributed by atoms with Gasteiger partial charge in [0, 0.05) is 30.6 Å². The number of amides is 1. The molecule has 33 heavy (non-hydrogen) atoms. The van der Waals surface area contributed by atoms with Crippen molar-refractivity contribution < 1.29 is 23.4 Å². The standard InChI is InChI=1S/C26H31NO6/c1-4-13-27(17-19-7-11-22(31-14-5-2)24(15-19)30-6-3)25(28)18-32-21-10-8-20-9-12-26(29)33-23(20)16-21/h7-12,15-16H,4-6,13-14,17-18H2,1-3H3. The van der Waals surface area contributed by atoms with Crippen LogP contribution in [0.2, 0.25) is 0 Å². The van der Waals surface area contributed by atoms with E-state index in [1.54, 1.807) is 29.2 Å². The summed E-state index contributed by atoms with van der Waals surface area (Å²) in [5.74, 6) is 1.73. The van der Waals surface area contributed by atoms with E-state index in [0.29, 0.717) is 49.1 Å². The molecule has 0 bridgehead atoms. The Morgan fingerprint density at radius 3 is 2.48 bits per heavy atom. The van der Waals surface area contributed by atoms with Gasteiger partial charge in [-0.3, -0.25) is 4.79 Å². The summed E-state index contributed by atoms with van der Waals surface area (Å²) in [7, 11) is 0. The number of ether oxygens (including phenoxy) is 3. The maximum absolute atomic E-state index is 12.9. The molecule has 1 heterocycles. The van der Waals surface area contributed by atoms with Crippen LogP contribution < -0.4 is 19.8 Å². The van der Waals surface area contributed by atoms with Crippen LogP contribution in [0.25, 0.3) is 11.0 Å². The summed E-state index contributed by atoms with van der Waals surface area (Å²) in [6, 6.07) is 14.0. The Bertz CT molecular complexity index is 1120. The van der Waals surface area contributed by atoms with E-state index in [9.17, 15) is 9.59 Å². The van der Waals surface area contributed by atoms with E-state index < -0.39 is 5.63 Å². The van der Waals surface area contributed by atoms with Gasteiger partial charge in [-0.05, 0) is 55.7 Å². The number of carbonyl (C=O) groups is 1. The molecular formula is C26H31NO6. The van der Waals surface area contributed by atoms with Crippen molar-refractivity contribution in [2.75, 3.05) is 26.4 Å². The second-order valence-corrected chi connectivity index (χ2v) is 7.62. The Kier molecular flexibility index (Phi) is 8.75. The first-order chi connectivity index (χ1) is 16.0. The Morgan fingerprint density at radius 2 is 1.73 bits per heavy atom. The number of hydrogen-bond acceptors (Lipinski definition) is 6. The second-order valence-electron chi connectivity index (χ2n) is 7.62. The summed E-state index contributed by atoms with van der Waals surface area (Å²) >= 11 is 0. The van der Waals surface area contributed by atoms with E-state index in [1.165, 1.54) is 6.07 Å². The average molecular weight is 454 g/mol. The van der Waals surface area contributed by atoms with Gasteiger partial charge in [-0.2, -0.15) is 0 Å². The van der Waals surface area contributed by atoms with Crippen LogP contribution in [0.15, 0.2) is 57.7 Å². The molecule has 0 unspecified atom stereocenters. The van der Waals surface area contributed by atoms with Crippen LogP contribution in [0.4, 0.5) is 0 Å². The van der Waals surface area contributed by atoms with E-state index in [-0.39, 0.29) is 12.5 Å². The molecule has 0 aliphatic carbocycles. The lowest BCUT2D eigenvalue weighted by Crippen LogP contribution is -2.35. The van der Waals surface area contributed by atoms with E-state index in [4.69, 9.17) is 18.6 Å². The molecule has 0 atom stereocenters. The zero-order chi connectivity index (χ0) is 23.6. The lowest BCUT2D eigenvalue weighted by molar-refractivity contribution is -0.134. The number of nitrogens with zero attached hydrogens (tertiary/aromatic N) is 1. The Hall–Kier alpha value is -3.48. The van der Waals surface area contributed by atoms with Crippen molar-refractivity contribution in [3.63, 3.8) is 0 Å². The van der Waals surface area contributed by atoms with Gasteiger partial charge in [0.05, 0.1) is 13.2 Å². The molecule has 0 aliphatic heterocycles. The number of hydrogen-bond donors (Lipinski definition) is 0. The third kappa shape index (κ3) is 6.75. The SMILES string of the molecule is CCCOc1ccc(CN(CCC)C(=O)COc2ccc3ccc(=O)oc3c2)cc1OCC. The highest BCUT2D eigenvalue weighted by Crippen LogP contribution is 2.29. The maximum atomic E-state index is 12.9. The molecule has 0 aliphatic rings. The highest BCUT2D eigenvalue weighted by Gasteiger charge is 2.16. The van der Waals surface area contributed by atoms with Crippen molar-refractivity contribution in [1.29, 1.82) is 0 Å². The normalized spacial score (nSPS) is 10.8. The fraction of sp³-hybridized carbons (Fsp3) is 0.385. The Morgan fingerprint density at radius 1 is 0.909 bits per heavy atom. The predicted molar refractivity (Wildman–Crippen MR) is 127 cm³/mol. The molecule has 7 heteroatoms. The van der Waals surface area contributed by atoms with Crippen LogP contribution in [0.5, 0.6) is 17.2 Å². The minimum Gasteiger partial charge on any atom is -0.490 e. The summed E-state index contributed by atoms with van der Waals surface area (Å²) in [5.41, 5.74) is 0.950. The number of fused-ring (bicyclic) bond motifs is 1. The zero-order valence-electron chi connectivity index (χ0n) is 19.5. The molecule has 2 aromatic carbocycles. The fourth-order valence-electron chi connectivity index (χ4n) is 3.40. The van der Waals surface area contributed by atoms with Crippen LogP contribution in [0.1, 0.15) is 39.2 Å². The zero-order valence-corrected chi connectivity index (χ0v) is 19.5. The maximum Gasteiger partial charge on any atom is 0.336 e. The van der Waals surface area contributed by atoms with E-state index >= 15 is 0 Å². The smallest absolute Gasteiger partial charge is 0.336 e. The van der Waals surface area contributed by atoms with Crippen LogP contribution in [0.3, 0.4) is 0 Å². The van der Waals surface area contributed by atoms with E-state index in [0.717, 1.165) is 23.8 Å². The van der Waals surface area contributed by atoms with Crippen molar-refractivity contribution >= 4 is 16.9 Å². The molecule has 0 radical (unpaired) electrons. The summed E-state index contributed by atoms with van der Waals surface area (Å²) in [5, 5.41) is 0.789. The Balaban J connectivity index is 1.68. The average Bonchev–Trinajstić information content (AvgIpc) is 2.81. The van der Waals surface area contributed by atoms with Gasteiger partial charge in [0.2, 0.25) is 0 Å². The van der Waals surface area contributed by atoms with Gasteiger partial charge in [-0.1, -0.05) is 19.9 Å². The van der Waals surface area contributed by atoms with Gasteiger partial charge in [-0.15, -0.1) is 0 Å². The predicted octanol–water partition coefficient (Wildman–Crippen LogP) is 4.80. The van der Waals surface area contributed by atoms with Crippen molar-refractivity contribution in [3.05, 3.63) is 64.5 Å². The van der Waals surface area contributed by atoms with Gasteiger partial charge in [0.1, 0.15) is 11.3 Å². The molecule has 0 N–H and O–H groups in total. The highest BCUT2D eigenvalue weighted by molar-refractivity contribution is 5.79. The lowest BCUT2D eigenvalue weighted by atomic mass is 10.1. The molecule has 3 aromatic rings. The van der Waals surface area contributed by atoms with Crippen LogP contribution in [-0.4, -0.2) is 37.2 Å². The minimum absolute atomic E-state index is 0.113. The first-order valence-electron chi connectivity index (χ1n) is 11.4. The van der Waals surface area contributed by atoms with Gasteiger partial charge in [0.15, 0.2) is 18.1 Å². The highest BCUT2D eigenvalue weighted by atomic mass is 16.5. The monoisotopic (exact) mass is 453 g/mol. The molecule has 0 fully saturated rings. The molecule has 0 saturated heterocycles. The third-order valence-corrected chi connectivity index (χ3v) is 4.95. The number of carbonyl (C=O) groups excluding carboxylic acids is 1. The van der Waals surface area contributed by atoms with Gasteiger partial charge in [0.25, 0.3) is 5.91 Å². The lowest BCUT2D eigenvalue weighted by Gasteiger charge is -2.23. The van der Waals surface area contributed by atoms with Crippen LogP contribution in [-0.2, 0) is 11.3 Å². The molecule has 1 aromatic heterocycles. The van der Waals surface area contributed by atoms with Crippen molar-refractivity contribution in [3.8, 4) is 17.2 Å². The molecule has 176 valence electrons. The molecule has 3 rings (SSSR count). The van der Waals surface area contributed by atoms with Gasteiger partial charge in [-0.25, -0.2) is 4.79 Å². The molecule has 0 spiro atoms. The largest absolute Gasteiger partial charge is 0.490 e. The second kappa shape index (κ2) is 11.9. The summed E-state index contributed by atoms with van der Waals surface area (Å²) in [6.45, 7) is 8.10. The van der Waals surface area contributed by atoms with Crippen molar-refractivity contribution in [2.24, 2.45) is 0 Å². The van der Waals surface area contributed by atoms with Crippen molar-refractivity contribution in [2.45, 2.75) is 40.2 Å². The first kappa shape index (κ1) is 24.2. The summed E-state index contributed by atoms with van der Waals surface area (Å²) < 4.78 is 22.4. The fourth-order valence-corrected chi connectivity index (χ4v) is 3.40. The Labute approximate surface area is 193 Å². The van der Waals surface area contributed by atoms with Gasteiger partial charge >= 0.3 is 5.63 Å². The summed E-state index contributed by atoms with van der Waals surface area (Å²) in [4.78, 5) is 26.1. The summed E-state index contributed by atoms with van der Waals surface area (Å²) in [6.07, 6.45) is 1.73. The quantitative estimate of drug-likeness (QED) is 0.367. The third-order valence-electron chi connectivity index (χ3n) is 4.95. The van der Waals surface area contributed by atoms with E-state index in [2.05, 4.69) is 6.92 Å². The molecule has 7 nitrogen and oxygen atoms in total. The number of rotatable bonds is 12. The first-order valence-corrected chi connectivity index (χ1v) is 11.4. The van der Waals surface area contributed by atoms with E-state index in [1.807, 2.05) is 32.0 Å². The number of benzene rings is 2. The molecule has 0 saturated carbocycles. The van der Waals surface area contributed by atoms with Gasteiger partial charge < -0.3 is 23.5 Å². The van der Waals surface area contributed by atoms with Crippen LogP contribution in [0, 0.1) is 0 Å². The molecule has 1 amide bonds. The van der Waals surface area contributed by atoms with Crippen molar-refractivity contribution in [1.82, 2.24) is 4.90 Å². The minimum atomic E-state index is -0.428.